The minimum atomic E-state index is 0.727. The number of aryl methyl sites for hydroxylation is 4. The lowest BCUT2D eigenvalue weighted by Gasteiger charge is -1.88. The summed E-state index contributed by atoms with van der Waals surface area (Å²) in [6, 6.07) is 12.4. The van der Waals surface area contributed by atoms with Gasteiger partial charge in [-0.25, -0.2) is 9.97 Å². The molecule has 0 N–H and O–H groups in total. The Labute approximate surface area is 133 Å². The van der Waals surface area contributed by atoms with Gasteiger partial charge in [-0.1, -0.05) is 12.1 Å². The second kappa shape index (κ2) is 5.89. The van der Waals surface area contributed by atoms with Crippen LogP contribution in [0.3, 0.4) is 0 Å². The van der Waals surface area contributed by atoms with E-state index in [4.69, 9.17) is 4.42 Å². The Morgan fingerprint density at radius 2 is 1.50 bits per heavy atom. The molecule has 4 rings (SSSR count). The second-order valence-electron chi connectivity index (χ2n) is 5.41. The summed E-state index contributed by atoms with van der Waals surface area (Å²) in [6.45, 7) is 8.03. The van der Waals surface area contributed by atoms with E-state index in [0.29, 0.717) is 0 Å². The SMILES string of the molecule is Cc1ccc2oc(C)nc2c1.Cc1ccc2sc(C)nc2c1. The Morgan fingerprint density at radius 3 is 2.27 bits per heavy atom. The first-order chi connectivity index (χ1) is 10.5. The van der Waals surface area contributed by atoms with E-state index in [0.717, 1.165) is 27.5 Å². The smallest absolute Gasteiger partial charge is 0.192 e. The molecule has 0 aliphatic rings. The zero-order chi connectivity index (χ0) is 15.7. The van der Waals surface area contributed by atoms with Crippen LogP contribution in [0.5, 0.6) is 0 Å². The van der Waals surface area contributed by atoms with Crippen LogP contribution in [-0.4, -0.2) is 9.97 Å². The van der Waals surface area contributed by atoms with Crippen molar-refractivity contribution < 1.29 is 4.42 Å². The Bertz CT molecular complexity index is 859. The molecule has 2 aromatic heterocycles. The van der Waals surface area contributed by atoms with Crippen LogP contribution in [0, 0.1) is 27.7 Å². The summed E-state index contributed by atoms with van der Waals surface area (Å²) in [7, 11) is 0. The molecule has 0 saturated carbocycles. The minimum Gasteiger partial charge on any atom is -0.441 e. The van der Waals surface area contributed by atoms with Crippen LogP contribution < -0.4 is 0 Å². The third-order valence-electron chi connectivity index (χ3n) is 3.30. The maximum atomic E-state index is 5.31. The van der Waals surface area contributed by atoms with Gasteiger partial charge in [0.1, 0.15) is 5.52 Å². The van der Waals surface area contributed by atoms with Gasteiger partial charge in [0.05, 0.1) is 15.2 Å². The summed E-state index contributed by atoms with van der Waals surface area (Å²) in [5, 5.41) is 1.14. The molecule has 0 unspecified atom stereocenters. The van der Waals surface area contributed by atoms with Gasteiger partial charge in [0.2, 0.25) is 0 Å². The molecule has 0 amide bonds. The molecule has 3 nitrogen and oxygen atoms in total. The maximum absolute atomic E-state index is 5.31. The van der Waals surface area contributed by atoms with Crippen LogP contribution in [0.2, 0.25) is 0 Å². The average molecular weight is 310 g/mol. The fourth-order valence-electron chi connectivity index (χ4n) is 2.31. The number of benzene rings is 2. The Kier molecular flexibility index (Phi) is 3.94. The second-order valence-corrected chi connectivity index (χ2v) is 6.64. The molecule has 22 heavy (non-hydrogen) atoms. The standard InChI is InChI=1S/C9H9NO.C9H9NS/c2*1-6-3-4-9-8(5-6)10-7(2)11-9/h2*3-5H,1-2H3. The van der Waals surface area contributed by atoms with E-state index >= 15 is 0 Å². The summed E-state index contributed by atoms with van der Waals surface area (Å²) < 4.78 is 6.60. The molecular formula is C18H18N2OS. The highest BCUT2D eigenvalue weighted by Crippen LogP contribution is 2.21. The van der Waals surface area contributed by atoms with Gasteiger partial charge in [-0.05, 0) is 56.2 Å². The van der Waals surface area contributed by atoms with E-state index < -0.39 is 0 Å². The normalized spacial score (nSPS) is 10.7. The highest BCUT2D eigenvalue weighted by Gasteiger charge is 2.00. The van der Waals surface area contributed by atoms with Crippen LogP contribution in [0.1, 0.15) is 22.0 Å². The van der Waals surface area contributed by atoms with E-state index in [1.54, 1.807) is 11.3 Å². The van der Waals surface area contributed by atoms with E-state index in [1.165, 1.54) is 15.8 Å². The molecule has 0 spiro atoms. The molecule has 0 bridgehead atoms. The van der Waals surface area contributed by atoms with E-state index in [1.807, 2.05) is 39.0 Å². The Balaban J connectivity index is 0.000000131. The van der Waals surface area contributed by atoms with Gasteiger partial charge < -0.3 is 4.42 Å². The fourth-order valence-corrected chi connectivity index (χ4v) is 3.11. The van der Waals surface area contributed by atoms with Crippen molar-refractivity contribution in [3.63, 3.8) is 0 Å². The molecule has 0 aliphatic heterocycles. The third-order valence-corrected chi connectivity index (χ3v) is 4.25. The zero-order valence-corrected chi connectivity index (χ0v) is 14.0. The molecule has 0 saturated heterocycles. The van der Waals surface area contributed by atoms with Crippen LogP contribution in [0.4, 0.5) is 0 Å². The predicted molar refractivity (Wildman–Crippen MR) is 92.6 cm³/mol. The topological polar surface area (TPSA) is 38.9 Å². The predicted octanol–water partition coefficient (Wildman–Crippen LogP) is 5.36. The van der Waals surface area contributed by atoms with Gasteiger partial charge in [0.15, 0.2) is 11.5 Å². The number of nitrogens with zero attached hydrogens (tertiary/aromatic N) is 2. The quantitative estimate of drug-likeness (QED) is 0.439. The third kappa shape index (κ3) is 3.17. The lowest BCUT2D eigenvalue weighted by atomic mass is 10.2. The van der Waals surface area contributed by atoms with Crippen LogP contribution in [0.15, 0.2) is 40.8 Å². The first kappa shape index (κ1) is 14.7. The lowest BCUT2D eigenvalue weighted by molar-refractivity contribution is 0.561. The monoisotopic (exact) mass is 310 g/mol. The largest absolute Gasteiger partial charge is 0.441 e. The minimum absolute atomic E-state index is 0.727. The summed E-state index contributed by atoms with van der Waals surface area (Å²) in [6.07, 6.45) is 0. The number of oxazole rings is 1. The molecular weight excluding hydrogens is 292 g/mol. The average Bonchev–Trinajstić information content (AvgIpc) is 2.99. The van der Waals surface area contributed by atoms with Gasteiger partial charge in [-0.2, -0.15) is 0 Å². The molecule has 0 atom stereocenters. The highest BCUT2D eigenvalue weighted by atomic mass is 32.1. The van der Waals surface area contributed by atoms with Crippen molar-refractivity contribution in [2.24, 2.45) is 0 Å². The van der Waals surface area contributed by atoms with Crippen molar-refractivity contribution in [2.75, 3.05) is 0 Å². The van der Waals surface area contributed by atoms with E-state index in [9.17, 15) is 0 Å². The number of rotatable bonds is 0. The number of thiazole rings is 1. The summed E-state index contributed by atoms with van der Waals surface area (Å²) in [5.74, 6) is 0.727. The molecule has 2 heterocycles. The molecule has 2 aromatic carbocycles. The summed E-state index contributed by atoms with van der Waals surface area (Å²) in [5.41, 5.74) is 5.44. The molecule has 4 heteroatoms. The van der Waals surface area contributed by atoms with Crippen LogP contribution >= 0.6 is 11.3 Å². The molecule has 112 valence electrons. The van der Waals surface area contributed by atoms with Crippen molar-refractivity contribution in [3.8, 4) is 0 Å². The summed E-state index contributed by atoms with van der Waals surface area (Å²) in [4.78, 5) is 8.60. The highest BCUT2D eigenvalue weighted by molar-refractivity contribution is 7.18. The Morgan fingerprint density at radius 1 is 0.818 bits per heavy atom. The molecule has 0 aliphatic carbocycles. The van der Waals surface area contributed by atoms with Crippen molar-refractivity contribution in [3.05, 3.63) is 58.4 Å². The van der Waals surface area contributed by atoms with Gasteiger partial charge in [0, 0.05) is 6.92 Å². The fraction of sp³-hybridized carbons (Fsp3) is 0.222. The van der Waals surface area contributed by atoms with Crippen molar-refractivity contribution in [2.45, 2.75) is 27.7 Å². The zero-order valence-electron chi connectivity index (χ0n) is 13.2. The number of hydrogen-bond acceptors (Lipinski definition) is 4. The van der Waals surface area contributed by atoms with Crippen molar-refractivity contribution in [1.82, 2.24) is 9.97 Å². The molecule has 0 radical (unpaired) electrons. The van der Waals surface area contributed by atoms with E-state index in [-0.39, 0.29) is 0 Å². The van der Waals surface area contributed by atoms with E-state index in [2.05, 4.69) is 35.1 Å². The molecule has 0 fully saturated rings. The van der Waals surface area contributed by atoms with Crippen LogP contribution in [-0.2, 0) is 0 Å². The summed E-state index contributed by atoms with van der Waals surface area (Å²) >= 11 is 1.75. The number of aromatic nitrogens is 2. The van der Waals surface area contributed by atoms with Crippen LogP contribution in [0.25, 0.3) is 21.3 Å². The van der Waals surface area contributed by atoms with Gasteiger partial charge >= 0.3 is 0 Å². The maximum Gasteiger partial charge on any atom is 0.192 e. The number of fused-ring (bicyclic) bond motifs is 2. The van der Waals surface area contributed by atoms with Crippen molar-refractivity contribution in [1.29, 1.82) is 0 Å². The van der Waals surface area contributed by atoms with Crippen molar-refractivity contribution >= 4 is 32.7 Å². The lowest BCUT2D eigenvalue weighted by Crippen LogP contribution is -1.71. The molecule has 4 aromatic rings. The first-order valence-electron chi connectivity index (χ1n) is 7.19. The van der Waals surface area contributed by atoms with Gasteiger partial charge in [-0.3, -0.25) is 0 Å². The Hall–Kier alpha value is -2.20. The number of hydrogen-bond donors (Lipinski definition) is 0. The van der Waals surface area contributed by atoms with Gasteiger partial charge in [0.25, 0.3) is 0 Å². The van der Waals surface area contributed by atoms with Gasteiger partial charge in [-0.15, -0.1) is 11.3 Å². The first-order valence-corrected chi connectivity index (χ1v) is 8.00.